The minimum atomic E-state index is -0.289. The molecule has 2 aromatic rings. The van der Waals surface area contributed by atoms with Crippen molar-refractivity contribution in [3.63, 3.8) is 0 Å². The van der Waals surface area contributed by atoms with Crippen LogP contribution in [0.4, 0.5) is 0 Å². The van der Waals surface area contributed by atoms with Crippen LogP contribution in [-0.4, -0.2) is 18.8 Å². The Morgan fingerprint density at radius 1 is 0.929 bits per heavy atom. The average Bonchev–Trinajstić information content (AvgIpc) is 2.69. The molecule has 1 heterocycles. The number of hydrogen-bond acceptors (Lipinski definition) is 3. The van der Waals surface area contributed by atoms with Crippen LogP contribution in [0.25, 0.3) is 0 Å². The molecule has 2 aromatic carbocycles. The van der Waals surface area contributed by atoms with Crippen molar-refractivity contribution >= 4 is 34.9 Å². The molecule has 1 aliphatic heterocycles. The number of ether oxygens (including phenoxy) is 1. The van der Waals surface area contributed by atoms with Crippen molar-refractivity contribution in [3.05, 3.63) is 74.9 Å². The van der Waals surface area contributed by atoms with E-state index in [0.29, 0.717) is 28.5 Å². The Morgan fingerprint density at radius 3 is 2.32 bits per heavy atom. The summed E-state index contributed by atoms with van der Waals surface area (Å²) >= 11 is 12.2. The van der Waals surface area contributed by atoms with Gasteiger partial charge in [0.2, 0.25) is 5.91 Å². The maximum Gasteiger partial charge on any atom is 0.225 e. The molecule has 0 unspecified atom stereocenters. The molecule has 6 heteroatoms. The van der Waals surface area contributed by atoms with Crippen molar-refractivity contribution < 1.29 is 14.3 Å². The largest absolute Gasteiger partial charge is 0.497 e. The summed E-state index contributed by atoms with van der Waals surface area (Å²) in [6, 6.07) is 13.0. The zero-order valence-corrected chi connectivity index (χ0v) is 16.8. The van der Waals surface area contributed by atoms with Gasteiger partial charge in [0, 0.05) is 30.0 Å². The van der Waals surface area contributed by atoms with E-state index in [0.717, 1.165) is 22.6 Å². The summed E-state index contributed by atoms with van der Waals surface area (Å²) in [6.45, 7) is 0. The number of nitrogens with one attached hydrogen (secondary N) is 1. The number of carbonyl (C=O) groups is 2. The van der Waals surface area contributed by atoms with E-state index < -0.39 is 0 Å². The fraction of sp³-hybridized carbons (Fsp3) is 0.273. The Labute approximate surface area is 173 Å². The smallest absolute Gasteiger partial charge is 0.225 e. The number of hydrogen-bond donors (Lipinski definition) is 1. The molecule has 1 N–H and O–H groups in total. The van der Waals surface area contributed by atoms with Gasteiger partial charge in [-0.2, -0.15) is 0 Å². The highest BCUT2D eigenvalue weighted by atomic mass is 35.5. The summed E-state index contributed by atoms with van der Waals surface area (Å²) in [5, 5.41) is 3.81. The maximum atomic E-state index is 13.1. The molecule has 0 spiro atoms. The molecule has 2 aliphatic rings. The van der Waals surface area contributed by atoms with Crippen LogP contribution >= 0.6 is 23.2 Å². The van der Waals surface area contributed by atoms with Gasteiger partial charge < -0.3 is 10.1 Å². The molecule has 144 valence electrons. The van der Waals surface area contributed by atoms with Crippen molar-refractivity contribution in [3.8, 4) is 5.75 Å². The highest BCUT2D eigenvalue weighted by molar-refractivity contribution is 6.42. The molecule has 0 radical (unpaired) electrons. The molecule has 0 saturated carbocycles. The van der Waals surface area contributed by atoms with Gasteiger partial charge in [0.15, 0.2) is 5.78 Å². The lowest BCUT2D eigenvalue weighted by Gasteiger charge is -2.34. The molecule has 1 aliphatic carbocycles. The summed E-state index contributed by atoms with van der Waals surface area (Å²) in [6.07, 6.45) is 1.27. The minimum Gasteiger partial charge on any atom is -0.497 e. The van der Waals surface area contributed by atoms with Crippen LogP contribution in [0.5, 0.6) is 5.75 Å². The summed E-state index contributed by atoms with van der Waals surface area (Å²) in [5.41, 5.74) is 3.33. The van der Waals surface area contributed by atoms with E-state index >= 15 is 0 Å². The Balaban J connectivity index is 1.69. The Hall–Kier alpha value is -2.30. The lowest BCUT2D eigenvalue weighted by molar-refractivity contribution is -0.122. The molecule has 4 rings (SSSR count). The van der Waals surface area contributed by atoms with Crippen molar-refractivity contribution in [1.29, 1.82) is 0 Å². The molecular formula is C22H19Cl2NO3. The number of rotatable bonds is 3. The van der Waals surface area contributed by atoms with Crippen LogP contribution < -0.4 is 10.1 Å². The summed E-state index contributed by atoms with van der Waals surface area (Å²) in [4.78, 5) is 25.4. The normalized spacial score (nSPS) is 22.0. The van der Waals surface area contributed by atoms with E-state index in [-0.39, 0.29) is 29.9 Å². The lowest BCUT2D eigenvalue weighted by Crippen LogP contribution is -2.38. The zero-order valence-electron chi connectivity index (χ0n) is 15.3. The van der Waals surface area contributed by atoms with Crippen LogP contribution in [0.15, 0.2) is 53.7 Å². The number of allylic oxidation sites excluding steroid dienone is 2. The van der Waals surface area contributed by atoms with Gasteiger partial charge in [-0.1, -0.05) is 41.4 Å². The second-order valence-electron chi connectivity index (χ2n) is 7.17. The van der Waals surface area contributed by atoms with Crippen molar-refractivity contribution in [2.24, 2.45) is 0 Å². The summed E-state index contributed by atoms with van der Waals surface area (Å²) < 4.78 is 5.21. The molecule has 4 nitrogen and oxygen atoms in total. The fourth-order valence-electron chi connectivity index (χ4n) is 4.09. The van der Waals surface area contributed by atoms with E-state index in [1.165, 1.54) is 0 Å². The Morgan fingerprint density at radius 2 is 1.64 bits per heavy atom. The van der Waals surface area contributed by atoms with Crippen molar-refractivity contribution in [2.75, 3.05) is 7.11 Å². The highest BCUT2D eigenvalue weighted by Crippen LogP contribution is 2.43. The minimum absolute atomic E-state index is 0.0324. The second kappa shape index (κ2) is 7.61. The number of amides is 1. The monoisotopic (exact) mass is 415 g/mol. The second-order valence-corrected chi connectivity index (χ2v) is 7.99. The van der Waals surface area contributed by atoms with Gasteiger partial charge in [0.25, 0.3) is 0 Å². The van der Waals surface area contributed by atoms with Gasteiger partial charge >= 0.3 is 0 Å². The van der Waals surface area contributed by atoms with Gasteiger partial charge in [-0.05, 0) is 47.7 Å². The lowest BCUT2D eigenvalue weighted by atomic mass is 9.73. The van der Waals surface area contributed by atoms with Gasteiger partial charge in [-0.25, -0.2) is 0 Å². The predicted molar refractivity (Wildman–Crippen MR) is 109 cm³/mol. The number of methoxy groups -OCH3 is 1. The van der Waals surface area contributed by atoms with Crippen LogP contribution in [0.3, 0.4) is 0 Å². The standard InChI is InChI=1S/C22H19Cl2NO3/c1-28-15-5-2-12(3-6-15)14-9-19-22(20(26)10-14)16(11-21(27)25-19)13-4-7-17(23)18(24)8-13/h2-8,14,16H,9-11H2,1H3,(H,25,27)/t14-,16-/m1/s1. The molecule has 0 aromatic heterocycles. The van der Waals surface area contributed by atoms with Crippen LogP contribution in [0.2, 0.25) is 10.0 Å². The van der Waals surface area contributed by atoms with Crippen LogP contribution in [-0.2, 0) is 9.59 Å². The van der Waals surface area contributed by atoms with Gasteiger partial charge in [-0.15, -0.1) is 0 Å². The Kier molecular flexibility index (Phi) is 5.17. The van der Waals surface area contributed by atoms with Crippen molar-refractivity contribution in [2.45, 2.75) is 31.1 Å². The third kappa shape index (κ3) is 3.54. The average molecular weight is 416 g/mol. The van der Waals surface area contributed by atoms with E-state index in [2.05, 4.69) is 5.32 Å². The quantitative estimate of drug-likeness (QED) is 0.766. The molecule has 1 amide bonds. The number of Topliss-reactive ketones (excluding diaryl/α,β-unsaturated/α-hetero) is 1. The third-order valence-corrected chi connectivity index (χ3v) is 6.21. The number of benzene rings is 2. The summed E-state index contributed by atoms with van der Waals surface area (Å²) in [5.74, 6) is 0.500. The van der Waals surface area contributed by atoms with Gasteiger partial charge in [-0.3, -0.25) is 9.59 Å². The highest BCUT2D eigenvalue weighted by Gasteiger charge is 2.38. The van der Waals surface area contributed by atoms with Crippen LogP contribution in [0, 0.1) is 0 Å². The molecule has 0 fully saturated rings. The number of halogens is 2. The van der Waals surface area contributed by atoms with Gasteiger partial charge in [0.1, 0.15) is 5.75 Å². The first-order chi connectivity index (χ1) is 13.5. The van der Waals surface area contributed by atoms with E-state index in [4.69, 9.17) is 27.9 Å². The molecule has 2 atom stereocenters. The fourth-order valence-corrected chi connectivity index (χ4v) is 4.39. The van der Waals surface area contributed by atoms with Crippen LogP contribution in [0.1, 0.15) is 42.2 Å². The summed E-state index contributed by atoms with van der Waals surface area (Å²) in [7, 11) is 1.62. The predicted octanol–water partition coefficient (Wildman–Crippen LogP) is 5.01. The van der Waals surface area contributed by atoms with E-state index in [1.807, 2.05) is 30.3 Å². The number of ketones is 1. The molecule has 0 saturated heterocycles. The Bertz CT molecular complexity index is 982. The SMILES string of the molecule is COc1ccc([C@H]2CC(=O)C3=C(C2)NC(=O)C[C@@H]3c2ccc(Cl)c(Cl)c2)cc1. The van der Waals surface area contributed by atoms with E-state index in [1.54, 1.807) is 19.2 Å². The molecule has 0 bridgehead atoms. The maximum absolute atomic E-state index is 13.1. The third-order valence-electron chi connectivity index (χ3n) is 5.47. The molecule has 28 heavy (non-hydrogen) atoms. The molecular weight excluding hydrogens is 397 g/mol. The first-order valence-corrected chi connectivity index (χ1v) is 9.87. The first-order valence-electron chi connectivity index (χ1n) is 9.11. The van der Waals surface area contributed by atoms with E-state index in [9.17, 15) is 9.59 Å². The zero-order chi connectivity index (χ0) is 19.8. The number of carbonyl (C=O) groups excluding carboxylic acids is 2. The topological polar surface area (TPSA) is 55.4 Å². The van der Waals surface area contributed by atoms with Crippen molar-refractivity contribution in [1.82, 2.24) is 5.32 Å². The van der Waals surface area contributed by atoms with Gasteiger partial charge in [0.05, 0.1) is 17.2 Å². The first kappa shape index (κ1) is 19.0.